The van der Waals surface area contributed by atoms with Crippen LogP contribution in [0.5, 0.6) is 0 Å². The molecular formula is C15H22FN3O. The van der Waals surface area contributed by atoms with Crippen molar-refractivity contribution in [1.82, 2.24) is 9.80 Å². The van der Waals surface area contributed by atoms with Gasteiger partial charge in [0.15, 0.2) is 0 Å². The summed E-state index contributed by atoms with van der Waals surface area (Å²) in [5, 5.41) is 0. The highest BCUT2D eigenvalue weighted by atomic mass is 19.1. The Labute approximate surface area is 119 Å². The van der Waals surface area contributed by atoms with Crippen LogP contribution >= 0.6 is 0 Å². The first kappa shape index (κ1) is 14.8. The highest BCUT2D eigenvalue weighted by molar-refractivity contribution is 5.71. The van der Waals surface area contributed by atoms with Gasteiger partial charge in [0, 0.05) is 32.2 Å². The Balaban J connectivity index is 2.07. The van der Waals surface area contributed by atoms with Gasteiger partial charge in [-0.05, 0) is 30.5 Å². The SMILES string of the molecule is CC[C@H](c1ccc(F)cc1)N1CCCN(C(N)=O)CC1. The predicted octanol–water partition coefficient (Wildman–Crippen LogP) is 2.36. The van der Waals surface area contributed by atoms with Crippen molar-refractivity contribution in [3.05, 3.63) is 35.6 Å². The normalized spacial score (nSPS) is 18.6. The number of nitrogens with zero attached hydrogens (tertiary/aromatic N) is 2. The van der Waals surface area contributed by atoms with Crippen molar-refractivity contribution in [3.63, 3.8) is 0 Å². The number of halogens is 1. The molecular weight excluding hydrogens is 257 g/mol. The standard InChI is InChI=1S/C15H22FN3O/c1-2-14(12-4-6-13(16)7-5-12)18-8-3-9-19(11-10-18)15(17)20/h4-7,14H,2-3,8-11H2,1H3,(H2,17,20)/t14-/m1/s1. The molecule has 20 heavy (non-hydrogen) atoms. The Morgan fingerprint density at radius 3 is 2.55 bits per heavy atom. The zero-order valence-electron chi connectivity index (χ0n) is 11.9. The molecule has 0 spiro atoms. The fourth-order valence-electron chi connectivity index (χ4n) is 2.86. The predicted molar refractivity (Wildman–Crippen MR) is 76.8 cm³/mol. The van der Waals surface area contributed by atoms with Crippen molar-refractivity contribution in [1.29, 1.82) is 0 Å². The largest absolute Gasteiger partial charge is 0.351 e. The summed E-state index contributed by atoms with van der Waals surface area (Å²) in [6, 6.07) is 6.63. The number of hydrogen-bond acceptors (Lipinski definition) is 2. The third-order valence-electron chi connectivity index (χ3n) is 3.92. The number of hydrogen-bond donors (Lipinski definition) is 1. The van der Waals surface area contributed by atoms with E-state index in [2.05, 4.69) is 11.8 Å². The second kappa shape index (κ2) is 6.70. The van der Waals surface area contributed by atoms with Crippen molar-refractivity contribution < 1.29 is 9.18 Å². The molecule has 4 nitrogen and oxygen atoms in total. The van der Waals surface area contributed by atoms with Crippen LogP contribution in [0.15, 0.2) is 24.3 Å². The zero-order chi connectivity index (χ0) is 14.5. The van der Waals surface area contributed by atoms with Crippen LogP contribution in [0.25, 0.3) is 0 Å². The summed E-state index contributed by atoms with van der Waals surface area (Å²) in [6.07, 6.45) is 1.88. The Morgan fingerprint density at radius 2 is 1.95 bits per heavy atom. The minimum Gasteiger partial charge on any atom is -0.351 e. The van der Waals surface area contributed by atoms with Crippen LogP contribution in [-0.2, 0) is 0 Å². The van der Waals surface area contributed by atoms with Crippen LogP contribution in [0, 0.1) is 5.82 Å². The van der Waals surface area contributed by atoms with E-state index in [1.165, 1.54) is 12.1 Å². The number of carbonyl (C=O) groups excluding carboxylic acids is 1. The highest BCUT2D eigenvalue weighted by Gasteiger charge is 2.23. The van der Waals surface area contributed by atoms with E-state index in [-0.39, 0.29) is 17.9 Å². The summed E-state index contributed by atoms with van der Waals surface area (Å²) in [5.41, 5.74) is 6.47. The molecule has 0 aromatic heterocycles. The molecule has 2 rings (SSSR count). The molecule has 0 unspecified atom stereocenters. The van der Waals surface area contributed by atoms with Crippen molar-refractivity contribution in [2.45, 2.75) is 25.8 Å². The topological polar surface area (TPSA) is 49.6 Å². The highest BCUT2D eigenvalue weighted by Crippen LogP contribution is 2.25. The molecule has 1 aromatic carbocycles. The minimum absolute atomic E-state index is 0.209. The second-order valence-corrected chi connectivity index (χ2v) is 5.19. The van der Waals surface area contributed by atoms with Crippen molar-refractivity contribution in [2.75, 3.05) is 26.2 Å². The maximum atomic E-state index is 13.0. The molecule has 1 heterocycles. The first-order valence-electron chi connectivity index (χ1n) is 7.15. The van der Waals surface area contributed by atoms with Crippen molar-refractivity contribution in [2.24, 2.45) is 5.73 Å². The molecule has 0 saturated carbocycles. The van der Waals surface area contributed by atoms with Crippen LogP contribution in [-0.4, -0.2) is 42.0 Å². The molecule has 2 amide bonds. The van der Waals surface area contributed by atoms with Gasteiger partial charge in [-0.25, -0.2) is 9.18 Å². The Hall–Kier alpha value is -1.62. The number of nitrogens with two attached hydrogens (primary N) is 1. The lowest BCUT2D eigenvalue weighted by molar-refractivity contribution is 0.189. The summed E-state index contributed by atoms with van der Waals surface area (Å²) in [7, 11) is 0. The van der Waals surface area contributed by atoms with Crippen LogP contribution in [0.4, 0.5) is 9.18 Å². The molecule has 110 valence electrons. The van der Waals surface area contributed by atoms with Gasteiger partial charge < -0.3 is 10.6 Å². The average molecular weight is 279 g/mol. The van der Waals surface area contributed by atoms with E-state index in [9.17, 15) is 9.18 Å². The molecule has 5 heteroatoms. The quantitative estimate of drug-likeness (QED) is 0.923. The summed E-state index contributed by atoms with van der Waals surface area (Å²) < 4.78 is 13.0. The van der Waals surface area contributed by atoms with E-state index in [4.69, 9.17) is 5.73 Å². The molecule has 2 N–H and O–H groups in total. The lowest BCUT2D eigenvalue weighted by atomic mass is 10.0. The van der Waals surface area contributed by atoms with Crippen molar-refractivity contribution in [3.8, 4) is 0 Å². The number of benzene rings is 1. The zero-order valence-corrected chi connectivity index (χ0v) is 11.9. The summed E-state index contributed by atoms with van der Waals surface area (Å²) in [6.45, 7) is 5.24. The third-order valence-corrected chi connectivity index (χ3v) is 3.92. The molecule has 1 fully saturated rings. The summed E-state index contributed by atoms with van der Waals surface area (Å²) >= 11 is 0. The molecule has 1 aromatic rings. The van der Waals surface area contributed by atoms with Gasteiger partial charge in [-0.2, -0.15) is 0 Å². The number of carbonyl (C=O) groups is 1. The smallest absolute Gasteiger partial charge is 0.314 e. The number of urea groups is 1. The molecule has 1 atom stereocenters. The average Bonchev–Trinajstić information content (AvgIpc) is 2.68. The lowest BCUT2D eigenvalue weighted by Gasteiger charge is -2.30. The van der Waals surface area contributed by atoms with Gasteiger partial charge in [0.1, 0.15) is 5.82 Å². The van der Waals surface area contributed by atoms with Gasteiger partial charge in [-0.1, -0.05) is 19.1 Å². The minimum atomic E-state index is -0.346. The van der Waals surface area contributed by atoms with Gasteiger partial charge in [0.25, 0.3) is 0 Å². The van der Waals surface area contributed by atoms with Gasteiger partial charge in [-0.15, -0.1) is 0 Å². The van der Waals surface area contributed by atoms with Crippen molar-refractivity contribution >= 4 is 6.03 Å². The van der Waals surface area contributed by atoms with E-state index < -0.39 is 0 Å². The van der Waals surface area contributed by atoms with E-state index in [1.54, 1.807) is 4.90 Å². The third kappa shape index (κ3) is 3.48. The molecule has 1 aliphatic heterocycles. The fraction of sp³-hybridized carbons (Fsp3) is 0.533. The first-order valence-corrected chi connectivity index (χ1v) is 7.15. The molecule has 0 bridgehead atoms. The Morgan fingerprint density at radius 1 is 1.25 bits per heavy atom. The van der Waals surface area contributed by atoms with Crippen LogP contribution in [0.1, 0.15) is 31.4 Å². The number of primary amides is 1. The number of rotatable bonds is 3. The van der Waals surface area contributed by atoms with Gasteiger partial charge in [-0.3, -0.25) is 4.90 Å². The first-order chi connectivity index (χ1) is 9.61. The maximum Gasteiger partial charge on any atom is 0.314 e. The van der Waals surface area contributed by atoms with Gasteiger partial charge in [0.2, 0.25) is 0 Å². The molecule has 0 aliphatic carbocycles. The van der Waals surface area contributed by atoms with Crippen LogP contribution in [0.3, 0.4) is 0 Å². The second-order valence-electron chi connectivity index (χ2n) is 5.19. The summed E-state index contributed by atoms with van der Waals surface area (Å²) in [4.78, 5) is 15.3. The van der Waals surface area contributed by atoms with E-state index >= 15 is 0 Å². The lowest BCUT2D eigenvalue weighted by Crippen LogP contribution is -2.39. The molecule has 0 radical (unpaired) electrons. The maximum absolute atomic E-state index is 13.0. The van der Waals surface area contributed by atoms with Crippen LogP contribution in [0.2, 0.25) is 0 Å². The monoisotopic (exact) mass is 279 g/mol. The van der Waals surface area contributed by atoms with Crippen LogP contribution < -0.4 is 5.73 Å². The van der Waals surface area contributed by atoms with Gasteiger partial charge in [0.05, 0.1) is 0 Å². The Bertz CT molecular complexity index is 449. The summed E-state index contributed by atoms with van der Waals surface area (Å²) in [5.74, 6) is -0.209. The van der Waals surface area contributed by atoms with E-state index in [1.807, 2.05) is 12.1 Å². The molecule has 1 saturated heterocycles. The Kier molecular flexibility index (Phi) is 4.95. The van der Waals surface area contributed by atoms with Gasteiger partial charge >= 0.3 is 6.03 Å². The van der Waals surface area contributed by atoms with E-state index in [0.717, 1.165) is 31.5 Å². The van der Waals surface area contributed by atoms with E-state index in [0.29, 0.717) is 13.1 Å². The fourth-order valence-corrected chi connectivity index (χ4v) is 2.86. The molecule has 1 aliphatic rings. The number of amides is 2.